The van der Waals surface area contributed by atoms with Gasteiger partial charge in [-0.25, -0.2) is 4.79 Å². The summed E-state index contributed by atoms with van der Waals surface area (Å²) in [4.78, 5) is 19.0. The number of fused-ring (bicyclic) bond motifs is 3. The number of hydrogen-bond donors (Lipinski definition) is 1. The van der Waals surface area contributed by atoms with Crippen molar-refractivity contribution in [3.05, 3.63) is 47.6 Å². The lowest BCUT2D eigenvalue weighted by molar-refractivity contribution is -0.0741. The first-order chi connectivity index (χ1) is 11.8. The lowest BCUT2D eigenvalue weighted by Gasteiger charge is -2.50. The summed E-state index contributed by atoms with van der Waals surface area (Å²) in [5.41, 5.74) is 1.20. The number of thiophene rings is 1. The zero-order chi connectivity index (χ0) is 16.4. The standard InChI is InChI=1S/C18H21N3O2S/c22-18(20-16-4-2-10-24-16)23-17-14-5-8-21(9-6-14)15(17)11-13-3-1-7-19-12-13/h1-4,7,10,12,14-15,17H,5-6,8-9,11H2,(H,20,22)/t15-,17+/m1/s1. The minimum atomic E-state index is -0.340. The monoisotopic (exact) mass is 343 g/mol. The van der Waals surface area contributed by atoms with E-state index in [1.807, 2.05) is 29.8 Å². The van der Waals surface area contributed by atoms with Crippen molar-refractivity contribution in [1.82, 2.24) is 9.88 Å². The van der Waals surface area contributed by atoms with E-state index in [9.17, 15) is 4.79 Å². The Bertz CT molecular complexity index is 669. The van der Waals surface area contributed by atoms with Crippen molar-refractivity contribution in [3.8, 4) is 0 Å². The van der Waals surface area contributed by atoms with Crippen LogP contribution in [0.5, 0.6) is 0 Å². The highest BCUT2D eigenvalue weighted by molar-refractivity contribution is 7.14. The van der Waals surface area contributed by atoms with Crippen LogP contribution in [0.3, 0.4) is 0 Å². The molecule has 5 heterocycles. The summed E-state index contributed by atoms with van der Waals surface area (Å²) >= 11 is 1.50. The molecule has 3 aliphatic heterocycles. The number of aromatic nitrogens is 1. The predicted molar refractivity (Wildman–Crippen MR) is 94.2 cm³/mol. The lowest BCUT2D eigenvalue weighted by Crippen LogP contribution is -2.60. The summed E-state index contributed by atoms with van der Waals surface area (Å²) in [6, 6.07) is 8.11. The van der Waals surface area contributed by atoms with Gasteiger partial charge in [-0.05, 0) is 61.5 Å². The maximum Gasteiger partial charge on any atom is 0.412 e. The molecule has 0 radical (unpaired) electrons. The lowest BCUT2D eigenvalue weighted by atomic mass is 9.78. The van der Waals surface area contributed by atoms with Crippen molar-refractivity contribution in [2.45, 2.75) is 31.4 Å². The van der Waals surface area contributed by atoms with Gasteiger partial charge in [-0.15, -0.1) is 11.3 Å². The number of piperidine rings is 3. The molecule has 5 rings (SSSR count). The molecule has 0 saturated carbocycles. The maximum absolute atomic E-state index is 12.3. The minimum Gasteiger partial charge on any atom is -0.444 e. The smallest absolute Gasteiger partial charge is 0.412 e. The Hall–Kier alpha value is -1.92. The number of amides is 1. The quantitative estimate of drug-likeness (QED) is 0.924. The molecule has 2 atom stereocenters. The second-order valence-corrected chi connectivity index (χ2v) is 7.43. The van der Waals surface area contributed by atoms with Crippen molar-refractivity contribution < 1.29 is 9.53 Å². The van der Waals surface area contributed by atoms with Gasteiger partial charge >= 0.3 is 6.09 Å². The molecule has 0 aliphatic carbocycles. The first-order valence-corrected chi connectivity index (χ1v) is 9.31. The van der Waals surface area contributed by atoms with Gasteiger partial charge in [-0.3, -0.25) is 15.2 Å². The highest BCUT2D eigenvalue weighted by Gasteiger charge is 2.44. The van der Waals surface area contributed by atoms with E-state index in [1.165, 1.54) is 16.9 Å². The van der Waals surface area contributed by atoms with Gasteiger partial charge < -0.3 is 4.74 Å². The molecule has 2 bridgehead atoms. The highest BCUT2D eigenvalue weighted by Crippen LogP contribution is 2.36. The fourth-order valence-corrected chi connectivity index (χ4v) is 4.49. The van der Waals surface area contributed by atoms with Crippen molar-refractivity contribution in [2.24, 2.45) is 5.92 Å². The molecular formula is C18H21N3O2S. The first kappa shape index (κ1) is 15.6. The van der Waals surface area contributed by atoms with Gasteiger partial charge in [0.2, 0.25) is 0 Å². The minimum absolute atomic E-state index is 0.0485. The highest BCUT2D eigenvalue weighted by atomic mass is 32.1. The third-order valence-corrected chi connectivity index (χ3v) is 5.83. The zero-order valence-electron chi connectivity index (χ0n) is 13.4. The number of pyridine rings is 1. The summed E-state index contributed by atoms with van der Waals surface area (Å²) in [5, 5.41) is 5.60. The predicted octanol–water partition coefficient (Wildman–Crippen LogP) is 3.40. The Morgan fingerprint density at radius 1 is 1.33 bits per heavy atom. The summed E-state index contributed by atoms with van der Waals surface area (Å²) in [6.45, 7) is 2.20. The van der Waals surface area contributed by atoms with E-state index in [-0.39, 0.29) is 18.2 Å². The molecule has 0 unspecified atom stereocenters. The third-order valence-electron chi connectivity index (χ3n) is 5.04. The Kier molecular flexibility index (Phi) is 4.49. The molecule has 3 aliphatic rings. The Morgan fingerprint density at radius 3 is 2.92 bits per heavy atom. The van der Waals surface area contributed by atoms with E-state index in [4.69, 9.17) is 4.74 Å². The van der Waals surface area contributed by atoms with Crippen molar-refractivity contribution in [2.75, 3.05) is 18.4 Å². The van der Waals surface area contributed by atoms with Crippen LogP contribution >= 0.6 is 11.3 Å². The average molecular weight is 343 g/mol. The van der Waals surface area contributed by atoms with Gasteiger partial charge in [-0.2, -0.15) is 0 Å². The molecule has 126 valence electrons. The molecule has 6 heteroatoms. The maximum atomic E-state index is 12.3. The third kappa shape index (κ3) is 3.30. The number of carbonyl (C=O) groups excluding carboxylic acids is 1. The second kappa shape index (κ2) is 6.91. The fourth-order valence-electron chi connectivity index (χ4n) is 3.89. The van der Waals surface area contributed by atoms with Crippen LogP contribution in [0.4, 0.5) is 9.80 Å². The van der Waals surface area contributed by atoms with E-state index in [2.05, 4.69) is 21.3 Å². The normalized spacial score (nSPS) is 28.5. The number of anilines is 1. The van der Waals surface area contributed by atoms with Gasteiger partial charge in [0.25, 0.3) is 0 Å². The van der Waals surface area contributed by atoms with Gasteiger partial charge in [-0.1, -0.05) is 6.07 Å². The summed E-state index contributed by atoms with van der Waals surface area (Å²) < 4.78 is 5.88. The van der Waals surface area contributed by atoms with E-state index in [0.29, 0.717) is 5.92 Å². The SMILES string of the molecule is O=C(Nc1cccs1)O[C@H]1C2CCN(CC2)[C@@H]1Cc1cccnc1. The van der Waals surface area contributed by atoms with Crippen LogP contribution in [0.15, 0.2) is 42.0 Å². The van der Waals surface area contributed by atoms with Gasteiger partial charge in [0.05, 0.1) is 11.0 Å². The topological polar surface area (TPSA) is 54.5 Å². The molecular weight excluding hydrogens is 322 g/mol. The Labute approximate surface area is 145 Å². The van der Waals surface area contributed by atoms with Crippen LogP contribution in [-0.2, 0) is 11.2 Å². The number of rotatable bonds is 4. The molecule has 1 amide bonds. The second-order valence-electron chi connectivity index (χ2n) is 6.48. The molecule has 0 aromatic carbocycles. The van der Waals surface area contributed by atoms with E-state index in [1.54, 1.807) is 6.20 Å². The van der Waals surface area contributed by atoms with Crippen molar-refractivity contribution in [1.29, 1.82) is 0 Å². The largest absolute Gasteiger partial charge is 0.444 e. The number of ether oxygens (including phenoxy) is 1. The summed E-state index contributed by atoms with van der Waals surface area (Å²) in [7, 11) is 0. The molecule has 2 aromatic heterocycles. The van der Waals surface area contributed by atoms with Gasteiger partial charge in [0, 0.05) is 18.3 Å². The first-order valence-electron chi connectivity index (χ1n) is 8.44. The Morgan fingerprint density at radius 2 is 2.21 bits per heavy atom. The molecule has 24 heavy (non-hydrogen) atoms. The number of hydrogen-bond acceptors (Lipinski definition) is 5. The zero-order valence-corrected chi connectivity index (χ0v) is 14.2. The molecule has 5 nitrogen and oxygen atoms in total. The van der Waals surface area contributed by atoms with Crippen LogP contribution < -0.4 is 5.32 Å². The average Bonchev–Trinajstić information content (AvgIpc) is 3.11. The van der Waals surface area contributed by atoms with Gasteiger partial charge in [0.1, 0.15) is 6.10 Å². The summed E-state index contributed by atoms with van der Waals surface area (Å²) in [5.74, 6) is 0.464. The Balaban J connectivity index is 1.47. The van der Waals surface area contributed by atoms with E-state index >= 15 is 0 Å². The molecule has 0 spiro atoms. The van der Waals surface area contributed by atoms with Crippen LogP contribution in [0.1, 0.15) is 18.4 Å². The number of carbonyl (C=O) groups is 1. The van der Waals surface area contributed by atoms with Crippen LogP contribution in [-0.4, -0.2) is 41.2 Å². The molecule has 2 aromatic rings. The number of nitrogens with zero attached hydrogens (tertiary/aromatic N) is 2. The summed E-state index contributed by atoms with van der Waals surface area (Å²) in [6.07, 6.45) is 6.41. The fraction of sp³-hybridized carbons (Fsp3) is 0.444. The van der Waals surface area contributed by atoms with Crippen LogP contribution in [0, 0.1) is 5.92 Å². The van der Waals surface area contributed by atoms with Crippen molar-refractivity contribution in [3.63, 3.8) is 0 Å². The van der Waals surface area contributed by atoms with Crippen molar-refractivity contribution >= 4 is 22.4 Å². The van der Waals surface area contributed by atoms with E-state index < -0.39 is 0 Å². The number of nitrogens with one attached hydrogen (secondary N) is 1. The molecule has 3 saturated heterocycles. The molecule has 1 N–H and O–H groups in total. The molecule has 3 fully saturated rings. The van der Waals surface area contributed by atoms with Gasteiger partial charge in [0.15, 0.2) is 0 Å². The van der Waals surface area contributed by atoms with Crippen LogP contribution in [0.25, 0.3) is 0 Å². The van der Waals surface area contributed by atoms with Crippen LogP contribution in [0.2, 0.25) is 0 Å². The van der Waals surface area contributed by atoms with E-state index in [0.717, 1.165) is 37.4 Å².